The zero-order valence-corrected chi connectivity index (χ0v) is 13.7. The molecule has 1 heterocycles. The summed E-state index contributed by atoms with van der Waals surface area (Å²) in [5, 5.41) is 15.0. The van der Waals surface area contributed by atoms with Crippen LogP contribution in [-0.2, 0) is 13.2 Å². The van der Waals surface area contributed by atoms with Crippen LogP contribution in [0.5, 0.6) is 0 Å². The highest BCUT2D eigenvalue weighted by atomic mass is 16.1. The zero-order valence-electron chi connectivity index (χ0n) is 13.7. The van der Waals surface area contributed by atoms with Gasteiger partial charge >= 0.3 is 0 Å². The summed E-state index contributed by atoms with van der Waals surface area (Å²) in [5.74, 6) is 0. The zero-order chi connectivity index (χ0) is 17.1. The normalized spacial score (nSPS) is 10.9. The van der Waals surface area contributed by atoms with Crippen LogP contribution < -0.4 is 5.56 Å². The van der Waals surface area contributed by atoms with Gasteiger partial charge in [-0.2, -0.15) is 10.4 Å². The lowest BCUT2D eigenvalue weighted by Gasteiger charge is -2.18. The lowest BCUT2D eigenvalue weighted by molar-refractivity contribution is 0.240. The molecule has 0 radical (unpaired) electrons. The topological polar surface area (TPSA) is 61.9 Å². The molecule has 0 amide bonds. The predicted molar refractivity (Wildman–Crippen MR) is 93.4 cm³/mol. The summed E-state index contributed by atoms with van der Waals surface area (Å²) in [5.41, 5.74) is 2.42. The van der Waals surface area contributed by atoms with E-state index in [2.05, 4.69) is 11.2 Å². The van der Waals surface area contributed by atoms with Gasteiger partial charge in [-0.1, -0.05) is 30.3 Å². The second-order valence-electron chi connectivity index (χ2n) is 5.90. The van der Waals surface area contributed by atoms with E-state index in [1.165, 1.54) is 4.68 Å². The fraction of sp³-hybridized carbons (Fsp3) is 0.211. The summed E-state index contributed by atoms with van der Waals surface area (Å²) in [7, 11) is 1.93. The largest absolute Gasteiger partial charge is 0.283 e. The first-order valence-corrected chi connectivity index (χ1v) is 7.72. The van der Waals surface area contributed by atoms with E-state index in [1.54, 1.807) is 6.07 Å². The van der Waals surface area contributed by atoms with Gasteiger partial charge in [0, 0.05) is 11.9 Å². The second kappa shape index (κ2) is 6.65. The highest BCUT2D eigenvalue weighted by Crippen LogP contribution is 2.12. The van der Waals surface area contributed by atoms with Crippen molar-refractivity contribution in [3.8, 4) is 6.07 Å². The van der Waals surface area contributed by atoms with Gasteiger partial charge in [0.15, 0.2) is 0 Å². The molecule has 0 fully saturated rings. The Bertz CT molecular complexity index is 985. The van der Waals surface area contributed by atoms with Crippen molar-refractivity contribution in [2.45, 2.75) is 20.1 Å². The van der Waals surface area contributed by atoms with Crippen molar-refractivity contribution in [3.63, 3.8) is 0 Å². The monoisotopic (exact) mass is 318 g/mol. The maximum atomic E-state index is 12.6. The highest BCUT2D eigenvalue weighted by molar-refractivity contribution is 5.83. The summed E-state index contributed by atoms with van der Waals surface area (Å²) >= 11 is 0. The van der Waals surface area contributed by atoms with E-state index in [0.717, 1.165) is 16.6 Å². The van der Waals surface area contributed by atoms with Crippen LogP contribution >= 0.6 is 0 Å². The first-order chi connectivity index (χ1) is 11.6. The van der Waals surface area contributed by atoms with Gasteiger partial charge in [0.1, 0.15) is 0 Å². The maximum Gasteiger partial charge on any atom is 0.275 e. The van der Waals surface area contributed by atoms with Gasteiger partial charge in [0.2, 0.25) is 0 Å². The molecule has 5 nitrogen and oxygen atoms in total. The molecule has 0 saturated carbocycles. The summed E-state index contributed by atoms with van der Waals surface area (Å²) in [6.45, 7) is 2.94. The Balaban J connectivity index is 1.85. The highest BCUT2D eigenvalue weighted by Gasteiger charge is 2.09. The average Bonchev–Trinajstić information content (AvgIpc) is 2.59. The van der Waals surface area contributed by atoms with E-state index < -0.39 is 0 Å². The molecule has 0 spiro atoms. The van der Waals surface area contributed by atoms with E-state index in [0.29, 0.717) is 24.2 Å². The SMILES string of the molecule is Cc1nn(CN(C)Cc2cccc(C#N)c2)c(=O)c2ccccc12. The van der Waals surface area contributed by atoms with Crippen molar-refractivity contribution in [3.05, 3.63) is 75.7 Å². The van der Waals surface area contributed by atoms with Crippen molar-refractivity contribution in [2.75, 3.05) is 7.05 Å². The van der Waals surface area contributed by atoms with Gasteiger partial charge in [-0.05, 0) is 37.7 Å². The van der Waals surface area contributed by atoms with Gasteiger partial charge in [-0.15, -0.1) is 0 Å². The van der Waals surface area contributed by atoms with E-state index >= 15 is 0 Å². The number of aryl methyl sites for hydroxylation is 1. The molecule has 1 aromatic heterocycles. The number of hydrogen-bond acceptors (Lipinski definition) is 4. The minimum Gasteiger partial charge on any atom is -0.283 e. The molecule has 0 bridgehead atoms. The summed E-state index contributed by atoms with van der Waals surface area (Å²) < 4.78 is 1.49. The van der Waals surface area contributed by atoms with E-state index in [-0.39, 0.29) is 5.56 Å². The Morgan fingerprint density at radius 1 is 1.17 bits per heavy atom. The van der Waals surface area contributed by atoms with Crippen LogP contribution in [0.25, 0.3) is 10.8 Å². The Hall–Kier alpha value is -2.97. The Kier molecular flexibility index (Phi) is 4.41. The molecule has 0 aliphatic carbocycles. The number of fused-ring (bicyclic) bond motifs is 1. The van der Waals surface area contributed by atoms with Crippen LogP contribution in [0, 0.1) is 18.3 Å². The minimum atomic E-state index is -0.0891. The number of nitrogens with zero attached hydrogens (tertiary/aromatic N) is 4. The molecular formula is C19H18N4O. The summed E-state index contributed by atoms with van der Waals surface area (Å²) in [6.07, 6.45) is 0. The molecule has 0 aliphatic heterocycles. The smallest absolute Gasteiger partial charge is 0.275 e. The molecule has 0 saturated heterocycles. The van der Waals surface area contributed by atoms with E-state index in [9.17, 15) is 4.79 Å². The number of benzene rings is 2. The average molecular weight is 318 g/mol. The Labute approximate surface area is 140 Å². The van der Waals surface area contributed by atoms with E-state index in [1.807, 2.05) is 61.3 Å². The summed E-state index contributed by atoms with van der Waals surface area (Å²) in [4.78, 5) is 14.6. The molecule has 0 unspecified atom stereocenters. The number of hydrogen-bond donors (Lipinski definition) is 0. The number of aromatic nitrogens is 2. The maximum absolute atomic E-state index is 12.6. The molecule has 2 aromatic carbocycles. The molecule has 3 rings (SSSR count). The third kappa shape index (κ3) is 3.19. The third-order valence-electron chi connectivity index (χ3n) is 3.94. The standard InChI is InChI=1S/C19H18N4O/c1-14-17-8-3-4-9-18(17)19(24)23(21-14)13-22(2)12-16-7-5-6-15(10-16)11-20/h3-10H,12-13H2,1-2H3. The van der Waals surface area contributed by atoms with Crippen molar-refractivity contribution >= 4 is 10.8 Å². The molecule has 0 aliphatic rings. The molecule has 120 valence electrons. The van der Waals surface area contributed by atoms with Gasteiger partial charge < -0.3 is 0 Å². The molecular weight excluding hydrogens is 300 g/mol. The Morgan fingerprint density at radius 3 is 2.67 bits per heavy atom. The first kappa shape index (κ1) is 15.9. The molecule has 5 heteroatoms. The van der Waals surface area contributed by atoms with Crippen molar-refractivity contribution in [1.29, 1.82) is 5.26 Å². The molecule has 3 aromatic rings. The van der Waals surface area contributed by atoms with Crippen LogP contribution in [0.2, 0.25) is 0 Å². The third-order valence-corrected chi connectivity index (χ3v) is 3.94. The van der Waals surface area contributed by atoms with Crippen molar-refractivity contribution < 1.29 is 0 Å². The fourth-order valence-corrected chi connectivity index (χ4v) is 2.83. The van der Waals surface area contributed by atoms with Crippen LogP contribution in [-0.4, -0.2) is 21.7 Å². The van der Waals surface area contributed by atoms with Crippen LogP contribution in [0.15, 0.2) is 53.3 Å². The van der Waals surface area contributed by atoms with Gasteiger partial charge in [-0.3, -0.25) is 9.69 Å². The number of rotatable bonds is 4. The second-order valence-corrected chi connectivity index (χ2v) is 5.90. The first-order valence-electron chi connectivity index (χ1n) is 7.72. The van der Waals surface area contributed by atoms with Crippen molar-refractivity contribution in [1.82, 2.24) is 14.7 Å². The fourth-order valence-electron chi connectivity index (χ4n) is 2.83. The predicted octanol–water partition coefficient (Wildman–Crippen LogP) is 2.67. The van der Waals surface area contributed by atoms with Gasteiger partial charge in [0.05, 0.1) is 29.4 Å². The van der Waals surface area contributed by atoms with Crippen LogP contribution in [0.3, 0.4) is 0 Å². The van der Waals surface area contributed by atoms with E-state index in [4.69, 9.17) is 5.26 Å². The lowest BCUT2D eigenvalue weighted by atomic mass is 10.1. The Morgan fingerprint density at radius 2 is 1.92 bits per heavy atom. The summed E-state index contributed by atoms with van der Waals surface area (Å²) in [6, 6.07) is 17.1. The van der Waals surface area contributed by atoms with Crippen molar-refractivity contribution in [2.24, 2.45) is 0 Å². The van der Waals surface area contributed by atoms with Gasteiger partial charge in [-0.25, -0.2) is 4.68 Å². The van der Waals surface area contributed by atoms with Crippen LogP contribution in [0.1, 0.15) is 16.8 Å². The van der Waals surface area contributed by atoms with Gasteiger partial charge in [0.25, 0.3) is 5.56 Å². The quantitative estimate of drug-likeness (QED) is 0.742. The number of nitriles is 1. The molecule has 0 N–H and O–H groups in total. The minimum absolute atomic E-state index is 0.0891. The molecule has 24 heavy (non-hydrogen) atoms. The molecule has 0 atom stereocenters. The lowest BCUT2D eigenvalue weighted by Crippen LogP contribution is -2.32. The van der Waals surface area contributed by atoms with Crippen LogP contribution in [0.4, 0.5) is 0 Å².